The van der Waals surface area contributed by atoms with E-state index in [1.807, 2.05) is 36.4 Å². The van der Waals surface area contributed by atoms with Crippen molar-refractivity contribution < 1.29 is 4.79 Å². The van der Waals surface area contributed by atoms with Crippen LogP contribution in [0.1, 0.15) is 6.92 Å². The van der Waals surface area contributed by atoms with Crippen LogP contribution in [-0.4, -0.2) is 5.91 Å². The Labute approximate surface area is 121 Å². The van der Waals surface area contributed by atoms with Crippen molar-refractivity contribution in [3.8, 4) is 0 Å². The lowest BCUT2D eigenvalue weighted by Crippen LogP contribution is -2.07. The topological polar surface area (TPSA) is 55.1 Å². The number of nitrogens with one attached hydrogen (secondary N) is 1. The van der Waals surface area contributed by atoms with Gasteiger partial charge >= 0.3 is 0 Å². The van der Waals surface area contributed by atoms with E-state index in [2.05, 4.69) is 5.32 Å². The summed E-state index contributed by atoms with van der Waals surface area (Å²) >= 11 is 7.43. The molecule has 0 heterocycles. The fourth-order valence-corrected chi connectivity index (χ4v) is 2.54. The van der Waals surface area contributed by atoms with Crippen LogP contribution in [0.4, 0.5) is 11.4 Å². The molecular formula is C14H13ClN2OS. The molecule has 0 aliphatic rings. The zero-order chi connectivity index (χ0) is 13.8. The van der Waals surface area contributed by atoms with Gasteiger partial charge in [0.15, 0.2) is 0 Å². The zero-order valence-corrected chi connectivity index (χ0v) is 11.9. The molecule has 0 atom stereocenters. The van der Waals surface area contributed by atoms with Crippen molar-refractivity contribution in [1.82, 2.24) is 0 Å². The highest BCUT2D eigenvalue weighted by atomic mass is 35.5. The molecule has 1 amide bonds. The SMILES string of the molecule is CC(=O)Nc1ccc(Sc2ccc(Cl)cc2)cc1N. The number of rotatable bonds is 3. The minimum atomic E-state index is -0.134. The first-order valence-electron chi connectivity index (χ1n) is 5.65. The Morgan fingerprint density at radius 3 is 2.37 bits per heavy atom. The average molecular weight is 293 g/mol. The molecule has 0 radical (unpaired) electrons. The largest absolute Gasteiger partial charge is 0.397 e. The van der Waals surface area contributed by atoms with E-state index in [1.165, 1.54) is 6.92 Å². The molecule has 5 heteroatoms. The van der Waals surface area contributed by atoms with E-state index in [1.54, 1.807) is 17.8 Å². The summed E-state index contributed by atoms with van der Waals surface area (Å²) in [4.78, 5) is 13.1. The highest BCUT2D eigenvalue weighted by Gasteiger charge is 2.04. The third-order valence-corrected chi connectivity index (χ3v) is 3.63. The molecule has 98 valence electrons. The molecule has 0 fully saturated rings. The van der Waals surface area contributed by atoms with Crippen LogP contribution < -0.4 is 11.1 Å². The maximum Gasteiger partial charge on any atom is 0.221 e. The summed E-state index contributed by atoms with van der Waals surface area (Å²) in [6.45, 7) is 1.45. The lowest BCUT2D eigenvalue weighted by Gasteiger charge is -2.08. The van der Waals surface area contributed by atoms with Gasteiger partial charge in [-0.2, -0.15) is 0 Å². The summed E-state index contributed by atoms with van der Waals surface area (Å²) in [6.07, 6.45) is 0. The zero-order valence-electron chi connectivity index (χ0n) is 10.3. The van der Waals surface area contributed by atoms with Crippen LogP contribution in [0.5, 0.6) is 0 Å². The molecule has 2 rings (SSSR count). The summed E-state index contributed by atoms with van der Waals surface area (Å²) in [5, 5.41) is 3.39. The quantitative estimate of drug-likeness (QED) is 0.840. The number of hydrogen-bond acceptors (Lipinski definition) is 3. The monoisotopic (exact) mass is 292 g/mol. The minimum Gasteiger partial charge on any atom is -0.397 e. The van der Waals surface area contributed by atoms with Gasteiger partial charge in [-0.25, -0.2) is 0 Å². The Morgan fingerprint density at radius 1 is 1.16 bits per heavy atom. The molecule has 0 spiro atoms. The number of anilines is 2. The van der Waals surface area contributed by atoms with Crippen molar-refractivity contribution >= 4 is 40.6 Å². The molecule has 19 heavy (non-hydrogen) atoms. The Bertz CT molecular complexity index is 599. The first-order chi connectivity index (χ1) is 9.04. The third kappa shape index (κ3) is 3.91. The van der Waals surface area contributed by atoms with E-state index in [0.29, 0.717) is 16.4 Å². The van der Waals surface area contributed by atoms with Crippen molar-refractivity contribution in [3.05, 3.63) is 47.5 Å². The van der Waals surface area contributed by atoms with E-state index in [0.717, 1.165) is 9.79 Å². The Morgan fingerprint density at radius 2 is 1.79 bits per heavy atom. The smallest absolute Gasteiger partial charge is 0.221 e. The van der Waals surface area contributed by atoms with E-state index in [4.69, 9.17) is 17.3 Å². The molecule has 0 aliphatic carbocycles. The molecule has 0 aromatic heterocycles. The van der Waals surface area contributed by atoms with Crippen molar-refractivity contribution in [2.24, 2.45) is 0 Å². The number of carbonyl (C=O) groups excluding carboxylic acids is 1. The average Bonchev–Trinajstić information content (AvgIpc) is 2.35. The second-order valence-electron chi connectivity index (χ2n) is 3.99. The molecule has 0 saturated carbocycles. The standard InChI is InChI=1S/C14H13ClN2OS/c1-9(18)17-14-7-6-12(8-13(14)16)19-11-4-2-10(15)3-5-11/h2-8H,16H2,1H3,(H,17,18). The normalized spacial score (nSPS) is 10.2. The minimum absolute atomic E-state index is 0.134. The number of nitrogens with two attached hydrogens (primary N) is 1. The summed E-state index contributed by atoms with van der Waals surface area (Å²) in [7, 11) is 0. The van der Waals surface area contributed by atoms with Crippen LogP contribution in [0.2, 0.25) is 5.02 Å². The maximum absolute atomic E-state index is 11.0. The Hall–Kier alpha value is -1.65. The number of benzene rings is 2. The van der Waals surface area contributed by atoms with Crippen LogP contribution in [-0.2, 0) is 4.79 Å². The third-order valence-electron chi connectivity index (χ3n) is 2.38. The number of hydrogen-bond donors (Lipinski definition) is 2. The van der Waals surface area contributed by atoms with E-state index < -0.39 is 0 Å². The molecule has 0 bridgehead atoms. The predicted octanol–water partition coefficient (Wildman–Crippen LogP) is 4.03. The second-order valence-corrected chi connectivity index (χ2v) is 5.57. The van der Waals surface area contributed by atoms with E-state index in [9.17, 15) is 4.79 Å². The first-order valence-corrected chi connectivity index (χ1v) is 6.84. The van der Waals surface area contributed by atoms with Gasteiger partial charge in [0.25, 0.3) is 0 Å². The van der Waals surface area contributed by atoms with Crippen LogP contribution >= 0.6 is 23.4 Å². The van der Waals surface area contributed by atoms with Gasteiger partial charge in [0.1, 0.15) is 0 Å². The highest BCUT2D eigenvalue weighted by Crippen LogP contribution is 2.32. The lowest BCUT2D eigenvalue weighted by molar-refractivity contribution is -0.114. The van der Waals surface area contributed by atoms with Gasteiger partial charge in [0.05, 0.1) is 11.4 Å². The van der Waals surface area contributed by atoms with Crippen molar-refractivity contribution in [2.75, 3.05) is 11.1 Å². The Balaban J connectivity index is 2.15. The number of halogens is 1. The second kappa shape index (κ2) is 5.99. The first kappa shape index (κ1) is 13.8. The van der Waals surface area contributed by atoms with Gasteiger partial charge in [-0.15, -0.1) is 0 Å². The molecule has 0 aliphatic heterocycles. The lowest BCUT2D eigenvalue weighted by atomic mass is 10.2. The summed E-state index contributed by atoms with van der Waals surface area (Å²) in [5.74, 6) is -0.134. The molecule has 3 nitrogen and oxygen atoms in total. The molecular weight excluding hydrogens is 280 g/mol. The molecule has 2 aromatic rings. The van der Waals surface area contributed by atoms with Crippen LogP contribution in [0.3, 0.4) is 0 Å². The fourth-order valence-electron chi connectivity index (χ4n) is 1.55. The van der Waals surface area contributed by atoms with Crippen molar-refractivity contribution in [1.29, 1.82) is 0 Å². The van der Waals surface area contributed by atoms with Gasteiger partial charge in [-0.3, -0.25) is 4.79 Å². The highest BCUT2D eigenvalue weighted by molar-refractivity contribution is 7.99. The number of nitrogen functional groups attached to an aromatic ring is 1. The van der Waals surface area contributed by atoms with Gasteiger partial charge in [-0.1, -0.05) is 23.4 Å². The number of amides is 1. The van der Waals surface area contributed by atoms with Crippen LogP contribution in [0.15, 0.2) is 52.3 Å². The summed E-state index contributed by atoms with van der Waals surface area (Å²) in [5.41, 5.74) is 7.08. The molecule has 0 saturated heterocycles. The van der Waals surface area contributed by atoms with Gasteiger partial charge in [0.2, 0.25) is 5.91 Å². The summed E-state index contributed by atoms with van der Waals surface area (Å²) in [6, 6.07) is 13.1. The van der Waals surface area contributed by atoms with E-state index >= 15 is 0 Å². The van der Waals surface area contributed by atoms with Gasteiger partial charge in [-0.05, 0) is 42.5 Å². The molecule has 3 N–H and O–H groups in total. The maximum atomic E-state index is 11.0. The fraction of sp³-hybridized carbons (Fsp3) is 0.0714. The molecule has 0 unspecified atom stereocenters. The predicted molar refractivity (Wildman–Crippen MR) is 80.7 cm³/mol. The van der Waals surface area contributed by atoms with E-state index in [-0.39, 0.29) is 5.91 Å². The van der Waals surface area contributed by atoms with Crippen molar-refractivity contribution in [3.63, 3.8) is 0 Å². The number of carbonyl (C=O) groups is 1. The van der Waals surface area contributed by atoms with Crippen LogP contribution in [0, 0.1) is 0 Å². The van der Waals surface area contributed by atoms with Crippen LogP contribution in [0.25, 0.3) is 0 Å². The van der Waals surface area contributed by atoms with Gasteiger partial charge < -0.3 is 11.1 Å². The molecule has 2 aromatic carbocycles. The Kier molecular flexibility index (Phi) is 4.35. The van der Waals surface area contributed by atoms with Crippen molar-refractivity contribution in [2.45, 2.75) is 16.7 Å². The van der Waals surface area contributed by atoms with Gasteiger partial charge in [0, 0.05) is 21.7 Å². The summed E-state index contributed by atoms with van der Waals surface area (Å²) < 4.78 is 0.